The van der Waals surface area contributed by atoms with Crippen LogP contribution in [0.1, 0.15) is 47.1 Å². The average Bonchev–Trinajstić information content (AvgIpc) is 3.52. The Kier molecular flexibility index (Phi) is 6.44. The highest BCUT2D eigenvalue weighted by molar-refractivity contribution is 5.78. The third-order valence-electron chi connectivity index (χ3n) is 7.22. The number of carbonyl (C=O) groups is 1. The highest BCUT2D eigenvalue weighted by atomic mass is 19.4. The maximum absolute atomic E-state index is 15.3. The van der Waals surface area contributed by atoms with Gasteiger partial charge in [0.25, 0.3) is 0 Å². The fraction of sp³-hybridized carbons (Fsp3) is 0.423. The van der Waals surface area contributed by atoms with E-state index in [1.165, 1.54) is 29.2 Å². The number of rotatable bonds is 5. The van der Waals surface area contributed by atoms with E-state index in [9.17, 15) is 44.3 Å². The van der Waals surface area contributed by atoms with Crippen molar-refractivity contribution in [1.29, 1.82) is 0 Å². The van der Waals surface area contributed by atoms with E-state index >= 15 is 4.39 Å². The first kappa shape index (κ1) is 28.2. The van der Waals surface area contributed by atoms with E-state index in [4.69, 9.17) is 0 Å². The summed E-state index contributed by atoms with van der Waals surface area (Å²) in [5.41, 5.74) is -9.17. The molecule has 0 aromatic heterocycles. The van der Waals surface area contributed by atoms with Crippen molar-refractivity contribution in [1.82, 2.24) is 10.4 Å². The van der Waals surface area contributed by atoms with Crippen LogP contribution in [0.4, 0.5) is 43.9 Å². The monoisotopic (exact) mass is 582 g/mol. The van der Waals surface area contributed by atoms with Gasteiger partial charge in [-0.1, -0.05) is 24.3 Å². The van der Waals surface area contributed by atoms with Crippen LogP contribution in [0.25, 0.3) is 5.70 Å². The third kappa shape index (κ3) is 5.13. The average molecular weight is 582 g/mol. The first-order valence-electron chi connectivity index (χ1n) is 12.0. The van der Waals surface area contributed by atoms with Crippen molar-refractivity contribution in [2.75, 3.05) is 13.1 Å². The molecule has 4 nitrogen and oxygen atoms in total. The van der Waals surface area contributed by atoms with E-state index < -0.39 is 52.2 Å². The molecule has 2 aromatic carbocycles. The van der Waals surface area contributed by atoms with Gasteiger partial charge in [-0.15, -0.1) is 0 Å². The molecule has 1 aliphatic carbocycles. The first-order valence-corrected chi connectivity index (χ1v) is 12.0. The van der Waals surface area contributed by atoms with Crippen molar-refractivity contribution in [3.63, 3.8) is 0 Å². The van der Waals surface area contributed by atoms with Crippen molar-refractivity contribution in [2.24, 2.45) is 5.92 Å². The van der Waals surface area contributed by atoms with Gasteiger partial charge in [-0.3, -0.25) is 15.1 Å². The summed E-state index contributed by atoms with van der Waals surface area (Å²) in [5.74, 6) is 0.173. The summed E-state index contributed by atoms with van der Waals surface area (Å²) in [6, 6.07) is 4.63. The molecule has 2 aromatic rings. The zero-order valence-corrected chi connectivity index (χ0v) is 20.3. The number of hydroxylamine groups is 1. The maximum atomic E-state index is 15.3. The Morgan fingerprint density at radius 1 is 0.875 bits per heavy atom. The molecule has 0 spiro atoms. The number of hydrogen-bond acceptors (Lipinski definition) is 3. The fourth-order valence-electron chi connectivity index (χ4n) is 4.72. The van der Waals surface area contributed by atoms with Crippen LogP contribution in [0, 0.1) is 5.92 Å². The quantitative estimate of drug-likeness (QED) is 0.392. The number of alkyl halides is 10. The van der Waals surface area contributed by atoms with Gasteiger partial charge in [-0.25, -0.2) is 4.39 Å². The van der Waals surface area contributed by atoms with Crippen molar-refractivity contribution in [2.45, 2.75) is 49.1 Å². The molecule has 1 amide bonds. The molecule has 2 heterocycles. The summed E-state index contributed by atoms with van der Waals surface area (Å²) in [6.07, 6.45) is -13.6. The van der Waals surface area contributed by atoms with Crippen LogP contribution in [0.3, 0.4) is 0 Å². The fourth-order valence-corrected chi connectivity index (χ4v) is 4.72. The molecule has 1 N–H and O–H groups in total. The predicted octanol–water partition coefficient (Wildman–Crippen LogP) is 6.86. The highest BCUT2D eigenvalue weighted by Crippen LogP contribution is 2.50. The van der Waals surface area contributed by atoms with Crippen molar-refractivity contribution >= 4 is 11.6 Å². The topological polar surface area (TPSA) is 41.6 Å². The summed E-state index contributed by atoms with van der Waals surface area (Å²) in [7, 11) is 0. The van der Waals surface area contributed by atoms with Gasteiger partial charge in [-0.05, 0) is 54.2 Å². The molecule has 2 fully saturated rings. The lowest BCUT2D eigenvalue weighted by Crippen LogP contribution is -2.58. The molecule has 1 saturated heterocycles. The van der Waals surface area contributed by atoms with Crippen LogP contribution < -0.4 is 5.48 Å². The molecule has 2 aliphatic heterocycles. The summed E-state index contributed by atoms with van der Waals surface area (Å²) >= 11 is 0. The van der Waals surface area contributed by atoms with Crippen LogP contribution in [0.2, 0.25) is 0 Å². The molecule has 40 heavy (non-hydrogen) atoms. The standard InChI is InChI=1S/C26H20F10N2O2/c27-22(12-38(13-22)21(39)7-14-1-2-14)16-5-3-15(4-6-16)20-11-23(40-37-20,26(34,35)36)17-8-18(24(28,29)30)10-19(9-17)25(31,32)33/h3-6,8-11,14,37H,1-2,7,12-13H2. The lowest BCUT2D eigenvalue weighted by molar-refractivity contribution is -0.269. The Morgan fingerprint density at radius 3 is 1.90 bits per heavy atom. The Hall–Kier alpha value is -3.29. The van der Waals surface area contributed by atoms with E-state index in [1.54, 1.807) is 0 Å². The van der Waals surface area contributed by atoms with Gasteiger partial charge < -0.3 is 4.90 Å². The highest BCUT2D eigenvalue weighted by Gasteiger charge is 2.60. The number of nitrogens with zero attached hydrogens (tertiary/aromatic N) is 1. The summed E-state index contributed by atoms with van der Waals surface area (Å²) in [6.45, 7) is -0.369. The van der Waals surface area contributed by atoms with Gasteiger partial charge in [-0.2, -0.15) is 39.5 Å². The maximum Gasteiger partial charge on any atom is 0.428 e. The Morgan fingerprint density at radius 2 is 1.43 bits per heavy atom. The van der Waals surface area contributed by atoms with Crippen LogP contribution in [-0.2, 0) is 33.3 Å². The van der Waals surface area contributed by atoms with E-state index in [2.05, 4.69) is 4.84 Å². The number of hydrogen-bond donors (Lipinski definition) is 1. The molecule has 5 rings (SSSR count). The Labute approximate surface area is 220 Å². The lowest BCUT2D eigenvalue weighted by atomic mass is 9.86. The first-order chi connectivity index (χ1) is 18.4. The summed E-state index contributed by atoms with van der Waals surface area (Å²) < 4.78 is 138. The van der Waals surface area contributed by atoms with Gasteiger partial charge in [0.2, 0.25) is 11.5 Å². The van der Waals surface area contributed by atoms with Gasteiger partial charge in [0.1, 0.15) is 0 Å². The van der Waals surface area contributed by atoms with E-state index in [0.717, 1.165) is 12.8 Å². The number of carbonyl (C=O) groups excluding carboxylic acids is 1. The summed E-state index contributed by atoms with van der Waals surface area (Å²) in [5, 5.41) is 0. The molecule has 216 valence electrons. The molecule has 1 atom stereocenters. The third-order valence-corrected chi connectivity index (χ3v) is 7.22. The second-order valence-electron chi connectivity index (χ2n) is 10.2. The molecular weight excluding hydrogens is 562 g/mol. The van der Waals surface area contributed by atoms with E-state index in [0.29, 0.717) is 18.4 Å². The molecule has 0 radical (unpaired) electrons. The summed E-state index contributed by atoms with van der Waals surface area (Å²) in [4.78, 5) is 18.2. The zero-order chi connectivity index (χ0) is 29.3. The van der Waals surface area contributed by atoms with Crippen molar-refractivity contribution in [3.8, 4) is 0 Å². The molecule has 1 unspecified atom stereocenters. The normalized spacial score (nSPS) is 22.9. The molecular formula is C26H20F10N2O2. The van der Waals surface area contributed by atoms with Crippen molar-refractivity contribution in [3.05, 3.63) is 76.4 Å². The smallest absolute Gasteiger partial charge is 0.335 e. The largest absolute Gasteiger partial charge is 0.428 e. The van der Waals surface area contributed by atoms with Crippen LogP contribution in [-0.4, -0.2) is 30.1 Å². The lowest BCUT2D eigenvalue weighted by Gasteiger charge is -2.45. The van der Waals surface area contributed by atoms with Crippen molar-refractivity contribution < 1.29 is 53.5 Å². The molecule has 1 saturated carbocycles. The second kappa shape index (κ2) is 9.11. The van der Waals surface area contributed by atoms with Gasteiger partial charge in [0.15, 0.2) is 5.67 Å². The minimum absolute atomic E-state index is 0.00230. The van der Waals surface area contributed by atoms with Crippen LogP contribution in [0.5, 0.6) is 0 Å². The predicted molar refractivity (Wildman–Crippen MR) is 120 cm³/mol. The minimum atomic E-state index is -5.49. The van der Waals surface area contributed by atoms with Gasteiger partial charge >= 0.3 is 18.5 Å². The van der Waals surface area contributed by atoms with Crippen LogP contribution in [0.15, 0.2) is 48.5 Å². The minimum Gasteiger partial charge on any atom is -0.335 e. The van der Waals surface area contributed by atoms with Gasteiger partial charge in [0, 0.05) is 12.0 Å². The Bertz CT molecular complexity index is 1300. The van der Waals surface area contributed by atoms with Gasteiger partial charge in [0.05, 0.1) is 29.9 Å². The van der Waals surface area contributed by atoms with E-state index in [1.807, 2.05) is 5.48 Å². The number of amides is 1. The Balaban J connectivity index is 1.44. The zero-order valence-electron chi connectivity index (χ0n) is 20.3. The second-order valence-corrected chi connectivity index (χ2v) is 10.2. The van der Waals surface area contributed by atoms with Crippen LogP contribution >= 0.6 is 0 Å². The SMILES string of the molecule is O=C(CC1CC1)N1CC(F)(c2ccc(C3=CC(c4cc(C(F)(F)F)cc(C(F)(F)F)c4)(C(F)(F)F)ON3)cc2)C1. The number of benzene rings is 2. The molecule has 14 heteroatoms. The molecule has 3 aliphatic rings. The number of likely N-dealkylation sites (tertiary alicyclic amines) is 1. The number of halogens is 10. The van der Waals surface area contributed by atoms with E-state index in [-0.39, 0.29) is 48.3 Å². The molecule has 0 bridgehead atoms. The number of nitrogens with one attached hydrogen (secondary N) is 1.